The highest BCUT2D eigenvalue weighted by atomic mass is 28.4. The van der Waals surface area contributed by atoms with Gasteiger partial charge >= 0.3 is 23.9 Å². The number of ether oxygens (including phenoxy) is 2. The maximum Gasteiger partial charge on any atom is 0.346 e. The van der Waals surface area contributed by atoms with Crippen molar-refractivity contribution in [1.29, 1.82) is 0 Å². The van der Waals surface area contributed by atoms with Crippen molar-refractivity contribution >= 4 is 72.4 Å². The molecule has 0 aromatic heterocycles. The maximum atomic E-state index is 12.4. The number of esters is 4. The summed E-state index contributed by atoms with van der Waals surface area (Å²) in [5, 5.41) is 4.76. The van der Waals surface area contributed by atoms with E-state index in [1.807, 2.05) is 24.3 Å². The first-order valence-corrected chi connectivity index (χ1v) is 17.7. The molecule has 0 saturated carbocycles. The van der Waals surface area contributed by atoms with E-state index in [-0.39, 0.29) is 0 Å². The third kappa shape index (κ3) is 3.42. The van der Waals surface area contributed by atoms with Gasteiger partial charge in [0.15, 0.2) is 0 Å². The molecule has 2 aliphatic rings. The Hall–Kier alpha value is -3.93. The van der Waals surface area contributed by atoms with Crippen LogP contribution in [0.3, 0.4) is 0 Å². The summed E-state index contributed by atoms with van der Waals surface area (Å²) in [5.74, 6) is -2.58. The highest BCUT2D eigenvalue weighted by Crippen LogP contribution is 2.32. The lowest BCUT2D eigenvalue weighted by molar-refractivity contribution is 0.0373. The fourth-order valence-electron chi connectivity index (χ4n) is 5.68. The molecule has 0 fully saturated rings. The van der Waals surface area contributed by atoms with Gasteiger partial charge in [0.1, 0.15) is 0 Å². The summed E-state index contributed by atoms with van der Waals surface area (Å²) in [6, 6.07) is 18.0. The van der Waals surface area contributed by atoms with Crippen molar-refractivity contribution in [3.63, 3.8) is 0 Å². The molecule has 0 radical (unpaired) electrons. The SMILES string of the molecule is C[Si](C)(O[Si](C)(C)c1ccc2c3c(cccc13)C(=O)OC2=O)c1ccc2c3c(cccc13)C(=O)OC2=O. The van der Waals surface area contributed by atoms with Crippen LogP contribution in [0.5, 0.6) is 0 Å². The largest absolute Gasteiger partial charge is 0.449 e. The number of rotatable bonds is 4. The van der Waals surface area contributed by atoms with Crippen LogP contribution in [0.25, 0.3) is 21.5 Å². The summed E-state index contributed by atoms with van der Waals surface area (Å²) in [6.45, 7) is 8.39. The Labute approximate surface area is 214 Å². The fourth-order valence-corrected chi connectivity index (χ4v) is 14.3. The van der Waals surface area contributed by atoms with Crippen molar-refractivity contribution in [2.45, 2.75) is 26.2 Å². The zero-order valence-corrected chi connectivity index (χ0v) is 22.6. The summed E-state index contributed by atoms with van der Waals surface area (Å²) >= 11 is 0. The summed E-state index contributed by atoms with van der Waals surface area (Å²) in [7, 11) is -5.27. The van der Waals surface area contributed by atoms with Crippen molar-refractivity contribution < 1.29 is 32.8 Å². The lowest BCUT2D eigenvalue weighted by atomic mass is 9.97. The van der Waals surface area contributed by atoms with Gasteiger partial charge in [0.25, 0.3) is 0 Å². The number of hydrogen-bond acceptors (Lipinski definition) is 7. The first-order chi connectivity index (χ1) is 17.5. The van der Waals surface area contributed by atoms with Gasteiger partial charge in [0.2, 0.25) is 16.6 Å². The minimum atomic E-state index is -2.64. The smallest absolute Gasteiger partial charge is 0.346 e. The minimum Gasteiger partial charge on any atom is -0.449 e. The summed E-state index contributed by atoms with van der Waals surface area (Å²) in [4.78, 5) is 49.6. The Kier molecular flexibility index (Phi) is 4.94. The number of cyclic esters (lactones) is 4. The molecule has 2 heterocycles. The van der Waals surface area contributed by atoms with Crippen molar-refractivity contribution in [1.82, 2.24) is 0 Å². The second-order valence-electron chi connectivity index (χ2n) is 10.3. The van der Waals surface area contributed by atoms with Crippen LogP contribution in [0.4, 0.5) is 0 Å². The van der Waals surface area contributed by atoms with Crippen LogP contribution >= 0.6 is 0 Å². The van der Waals surface area contributed by atoms with E-state index in [0.717, 1.165) is 21.1 Å². The Morgan fingerprint density at radius 2 is 0.865 bits per heavy atom. The van der Waals surface area contributed by atoms with Gasteiger partial charge in [-0.15, -0.1) is 0 Å². The molecule has 4 aromatic carbocycles. The molecule has 0 aliphatic carbocycles. The fraction of sp³-hybridized carbons (Fsp3) is 0.143. The van der Waals surface area contributed by atoms with Crippen molar-refractivity contribution in [3.05, 3.63) is 82.9 Å². The molecule has 6 rings (SSSR count). The molecule has 0 N–H and O–H groups in total. The first kappa shape index (κ1) is 23.5. The van der Waals surface area contributed by atoms with Crippen LogP contribution < -0.4 is 10.4 Å². The molecule has 7 nitrogen and oxygen atoms in total. The van der Waals surface area contributed by atoms with E-state index in [4.69, 9.17) is 13.6 Å². The van der Waals surface area contributed by atoms with Crippen LogP contribution in [-0.2, 0) is 13.6 Å². The molecule has 0 bridgehead atoms. The second-order valence-corrected chi connectivity index (χ2v) is 18.2. The Balaban J connectivity index is 1.49. The predicted octanol–water partition coefficient (Wildman–Crippen LogP) is 4.16. The van der Waals surface area contributed by atoms with E-state index in [1.54, 1.807) is 36.4 Å². The van der Waals surface area contributed by atoms with Crippen LogP contribution in [0.1, 0.15) is 41.4 Å². The molecule has 0 atom stereocenters. The minimum absolute atomic E-state index is 0.371. The summed E-state index contributed by atoms with van der Waals surface area (Å²) < 4.78 is 16.9. The van der Waals surface area contributed by atoms with Gasteiger partial charge in [0, 0.05) is 10.8 Å². The summed E-state index contributed by atoms with van der Waals surface area (Å²) in [6.07, 6.45) is 0. The van der Waals surface area contributed by atoms with Crippen LogP contribution in [0.2, 0.25) is 26.2 Å². The highest BCUT2D eigenvalue weighted by Gasteiger charge is 2.40. The Bertz CT molecular complexity index is 1570. The molecule has 0 saturated heterocycles. The van der Waals surface area contributed by atoms with Gasteiger partial charge in [0.05, 0.1) is 22.3 Å². The van der Waals surface area contributed by atoms with E-state index in [9.17, 15) is 19.2 Å². The van der Waals surface area contributed by atoms with Crippen molar-refractivity contribution in [3.8, 4) is 0 Å². The van der Waals surface area contributed by atoms with Crippen LogP contribution in [0, 0.1) is 0 Å². The molecule has 4 aromatic rings. The third-order valence-electron chi connectivity index (χ3n) is 7.14. The molecule has 37 heavy (non-hydrogen) atoms. The van der Waals surface area contributed by atoms with Gasteiger partial charge in [-0.1, -0.05) is 36.4 Å². The van der Waals surface area contributed by atoms with Gasteiger partial charge in [-0.3, -0.25) is 0 Å². The molecule has 0 amide bonds. The molecular weight excluding hydrogens is 504 g/mol. The standard InChI is InChI=1S/C28H22O7Si2/c1-36(2,21-13-11-19-23-15(21)7-5-9-17(23)25(29)33-27(19)31)35-37(3,4)22-14-12-20-24-16(22)8-6-10-18(24)26(30)34-28(20)32/h5-14H,1-4H3. The lowest BCUT2D eigenvalue weighted by Crippen LogP contribution is -2.58. The zero-order chi connectivity index (χ0) is 26.3. The van der Waals surface area contributed by atoms with E-state index >= 15 is 0 Å². The normalized spacial score (nSPS) is 15.2. The highest BCUT2D eigenvalue weighted by molar-refractivity contribution is 6.98. The van der Waals surface area contributed by atoms with Crippen molar-refractivity contribution in [2.75, 3.05) is 0 Å². The third-order valence-corrected chi connectivity index (χ3v) is 14.7. The molecule has 2 aliphatic heterocycles. The van der Waals surface area contributed by atoms with Gasteiger partial charge < -0.3 is 13.6 Å². The topological polar surface area (TPSA) is 96.0 Å². The molecule has 184 valence electrons. The molecule has 9 heteroatoms. The average molecular weight is 527 g/mol. The lowest BCUT2D eigenvalue weighted by Gasteiger charge is -2.36. The van der Waals surface area contributed by atoms with E-state index in [0.29, 0.717) is 33.0 Å². The van der Waals surface area contributed by atoms with Gasteiger partial charge in [-0.05, 0) is 71.6 Å². The van der Waals surface area contributed by atoms with E-state index in [2.05, 4.69) is 26.2 Å². The first-order valence-electron chi connectivity index (χ1n) is 11.9. The predicted molar refractivity (Wildman–Crippen MR) is 143 cm³/mol. The Morgan fingerprint density at radius 3 is 1.24 bits per heavy atom. The second kappa shape index (κ2) is 7.78. The van der Waals surface area contributed by atoms with Crippen LogP contribution in [-0.4, -0.2) is 40.5 Å². The van der Waals surface area contributed by atoms with Gasteiger partial charge in [-0.2, -0.15) is 0 Å². The van der Waals surface area contributed by atoms with Crippen LogP contribution in [0.15, 0.2) is 60.7 Å². The molecule has 0 spiro atoms. The molecule has 0 unspecified atom stereocenters. The number of benzene rings is 4. The molecular formula is C28H22O7Si2. The summed E-state index contributed by atoms with van der Waals surface area (Å²) in [5.41, 5.74) is 1.48. The number of carbonyl (C=O) groups is 4. The maximum absolute atomic E-state index is 12.4. The Morgan fingerprint density at radius 1 is 0.514 bits per heavy atom. The van der Waals surface area contributed by atoms with E-state index in [1.165, 1.54) is 0 Å². The van der Waals surface area contributed by atoms with Gasteiger partial charge in [-0.25, -0.2) is 19.2 Å². The monoisotopic (exact) mass is 526 g/mol. The van der Waals surface area contributed by atoms with Crippen molar-refractivity contribution in [2.24, 2.45) is 0 Å². The van der Waals surface area contributed by atoms with E-state index < -0.39 is 40.5 Å². The zero-order valence-electron chi connectivity index (χ0n) is 20.6. The quantitative estimate of drug-likeness (QED) is 0.224. The average Bonchev–Trinajstić information content (AvgIpc) is 2.84. The number of carbonyl (C=O) groups excluding carboxylic acids is 4. The number of hydrogen-bond donors (Lipinski definition) is 0.